The van der Waals surface area contributed by atoms with Gasteiger partial charge in [-0.05, 0) is 40.2 Å². The van der Waals surface area contributed by atoms with Crippen molar-refractivity contribution in [2.24, 2.45) is 0 Å². The fourth-order valence-electron chi connectivity index (χ4n) is 2.65. The van der Waals surface area contributed by atoms with E-state index >= 15 is 0 Å². The SMILES string of the molecule is CCOC(=O)c1[nH]c(C)c(C(=O)[C@@H](C)N(CC)C(C)=O)c1C. The molecule has 1 rings (SSSR count). The summed E-state index contributed by atoms with van der Waals surface area (Å²) in [5, 5.41) is 0. The number of ether oxygens (including phenoxy) is 1. The summed E-state index contributed by atoms with van der Waals surface area (Å²) < 4.78 is 4.98. The summed E-state index contributed by atoms with van der Waals surface area (Å²) in [7, 11) is 0. The Morgan fingerprint density at radius 1 is 1.23 bits per heavy atom. The number of nitrogens with one attached hydrogen (secondary N) is 1. The van der Waals surface area contributed by atoms with Crippen LogP contribution in [0.5, 0.6) is 0 Å². The molecule has 1 amide bonds. The number of esters is 1. The van der Waals surface area contributed by atoms with Gasteiger partial charge in [-0.2, -0.15) is 0 Å². The molecule has 0 aliphatic carbocycles. The maximum atomic E-state index is 12.7. The molecule has 1 aromatic heterocycles. The molecule has 0 aliphatic heterocycles. The second kappa shape index (κ2) is 7.24. The van der Waals surface area contributed by atoms with E-state index in [2.05, 4.69) is 4.98 Å². The van der Waals surface area contributed by atoms with Gasteiger partial charge in [0.2, 0.25) is 5.91 Å². The number of carbonyl (C=O) groups excluding carboxylic acids is 3. The number of aromatic nitrogens is 1. The van der Waals surface area contributed by atoms with Gasteiger partial charge < -0.3 is 14.6 Å². The van der Waals surface area contributed by atoms with Crippen LogP contribution in [0.3, 0.4) is 0 Å². The van der Waals surface area contributed by atoms with Gasteiger partial charge in [0.05, 0.1) is 12.6 Å². The molecule has 0 bridgehead atoms. The van der Waals surface area contributed by atoms with Crippen LogP contribution >= 0.6 is 0 Å². The fraction of sp³-hybridized carbons (Fsp3) is 0.562. The molecule has 0 saturated heterocycles. The predicted octanol–water partition coefficient (Wildman–Crippen LogP) is 2.25. The van der Waals surface area contributed by atoms with Crippen LogP contribution < -0.4 is 0 Å². The zero-order chi connectivity index (χ0) is 17.0. The quantitative estimate of drug-likeness (QED) is 0.645. The Balaban J connectivity index is 3.19. The molecule has 0 unspecified atom stereocenters. The summed E-state index contributed by atoms with van der Waals surface area (Å²) >= 11 is 0. The highest BCUT2D eigenvalue weighted by Crippen LogP contribution is 2.22. The van der Waals surface area contributed by atoms with Crippen LogP contribution in [0.4, 0.5) is 0 Å². The molecule has 1 N–H and O–H groups in total. The summed E-state index contributed by atoms with van der Waals surface area (Å²) in [5.41, 5.74) is 1.92. The molecule has 0 radical (unpaired) electrons. The van der Waals surface area contributed by atoms with E-state index in [-0.39, 0.29) is 18.3 Å². The van der Waals surface area contributed by atoms with Crippen molar-refractivity contribution in [3.63, 3.8) is 0 Å². The van der Waals surface area contributed by atoms with Crippen molar-refractivity contribution >= 4 is 17.7 Å². The molecular formula is C16H24N2O4. The van der Waals surface area contributed by atoms with Gasteiger partial charge in [-0.1, -0.05) is 0 Å². The molecule has 22 heavy (non-hydrogen) atoms. The van der Waals surface area contributed by atoms with E-state index < -0.39 is 12.0 Å². The van der Waals surface area contributed by atoms with Gasteiger partial charge in [0, 0.05) is 24.7 Å². The summed E-state index contributed by atoms with van der Waals surface area (Å²) in [4.78, 5) is 40.6. The molecule has 6 heteroatoms. The number of amides is 1. The minimum atomic E-state index is -0.578. The third-order valence-electron chi connectivity index (χ3n) is 3.76. The van der Waals surface area contributed by atoms with E-state index in [0.29, 0.717) is 29.1 Å². The molecule has 0 aliphatic rings. The van der Waals surface area contributed by atoms with E-state index in [1.807, 2.05) is 6.92 Å². The molecule has 1 atom stereocenters. The minimum absolute atomic E-state index is 0.153. The van der Waals surface area contributed by atoms with Gasteiger partial charge in [0.1, 0.15) is 5.69 Å². The summed E-state index contributed by atoms with van der Waals surface area (Å²) in [6, 6.07) is -0.578. The number of likely N-dealkylation sites (N-methyl/N-ethyl adjacent to an activating group) is 1. The zero-order valence-corrected chi connectivity index (χ0v) is 14.1. The van der Waals surface area contributed by atoms with Crippen LogP contribution in [0, 0.1) is 13.8 Å². The first-order valence-corrected chi connectivity index (χ1v) is 7.43. The molecule has 0 aromatic carbocycles. The topological polar surface area (TPSA) is 79.5 Å². The number of aryl methyl sites for hydroxylation is 1. The summed E-state index contributed by atoms with van der Waals surface area (Å²) in [5.74, 6) is -0.813. The Kier molecular flexibility index (Phi) is 5.91. The number of Topliss-reactive ketones (excluding diaryl/α,β-unsaturated/α-hetero) is 1. The number of H-pyrrole nitrogens is 1. The Hall–Kier alpha value is -2.11. The zero-order valence-electron chi connectivity index (χ0n) is 14.1. The standard InChI is InChI=1S/C16H24N2O4/c1-7-18(12(6)19)11(5)15(20)13-9(3)14(17-10(13)4)16(21)22-8-2/h11,17H,7-8H2,1-6H3/t11-/m1/s1. The molecule has 0 spiro atoms. The lowest BCUT2D eigenvalue weighted by Gasteiger charge is -2.25. The van der Waals surface area contributed by atoms with Crippen LogP contribution in [0.25, 0.3) is 0 Å². The molecule has 1 aromatic rings. The van der Waals surface area contributed by atoms with Gasteiger partial charge >= 0.3 is 5.97 Å². The summed E-state index contributed by atoms with van der Waals surface area (Å²) in [6.45, 7) is 10.9. The lowest BCUT2D eigenvalue weighted by atomic mass is 10.00. The first kappa shape index (κ1) is 17.9. The Morgan fingerprint density at radius 2 is 1.82 bits per heavy atom. The fourth-order valence-corrected chi connectivity index (χ4v) is 2.65. The maximum absolute atomic E-state index is 12.7. The Morgan fingerprint density at radius 3 is 2.27 bits per heavy atom. The first-order chi connectivity index (χ1) is 10.3. The van der Waals surface area contributed by atoms with Crippen molar-refractivity contribution < 1.29 is 19.1 Å². The van der Waals surface area contributed by atoms with Crippen molar-refractivity contribution in [1.82, 2.24) is 9.88 Å². The van der Waals surface area contributed by atoms with E-state index in [1.165, 1.54) is 11.8 Å². The van der Waals surface area contributed by atoms with Crippen LogP contribution in [0.2, 0.25) is 0 Å². The normalized spacial score (nSPS) is 11.9. The van der Waals surface area contributed by atoms with Crippen molar-refractivity contribution in [2.45, 2.75) is 47.6 Å². The first-order valence-electron chi connectivity index (χ1n) is 7.43. The lowest BCUT2D eigenvalue weighted by molar-refractivity contribution is -0.129. The lowest BCUT2D eigenvalue weighted by Crippen LogP contribution is -2.42. The maximum Gasteiger partial charge on any atom is 0.355 e. The van der Waals surface area contributed by atoms with Crippen LogP contribution in [-0.4, -0.2) is 46.7 Å². The van der Waals surface area contributed by atoms with E-state index in [0.717, 1.165) is 0 Å². The van der Waals surface area contributed by atoms with Crippen molar-refractivity contribution in [2.75, 3.05) is 13.2 Å². The van der Waals surface area contributed by atoms with Crippen LogP contribution in [0.15, 0.2) is 0 Å². The molecular weight excluding hydrogens is 284 g/mol. The van der Waals surface area contributed by atoms with Gasteiger partial charge in [0.25, 0.3) is 0 Å². The Labute approximate surface area is 130 Å². The van der Waals surface area contributed by atoms with E-state index in [4.69, 9.17) is 4.74 Å². The number of hydrogen-bond donors (Lipinski definition) is 1. The summed E-state index contributed by atoms with van der Waals surface area (Å²) in [6.07, 6.45) is 0. The van der Waals surface area contributed by atoms with Gasteiger partial charge in [-0.15, -0.1) is 0 Å². The molecule has 1 heterocycles. The minimum Gasteiger partial charge on any atom is -0.461 e. The molecule has 6 nitrogen and oxygen atoms in total. The average Bonchev–Trinajstić information content (AvgIpc) is 2.73. The van der Waals surface area contributed by atoms with Gasteiger partial charge in [-0.3, -0.25) is 9.59 Å². The van der Waals surface area contributed by atoms with E-state index in [9.17, 15) is 14.4 Å². The highest BCUT2D eigenvalue weighted by Gasteiger charge is 2.29. The van der Waals surface area contributed by atoms with Crippen molar-refractivity contribution in [3.05, 3.63) is 22.5 Å². The average molecular weight is 308 g/mol. The van der Waals surface area contributed by atoms with Crippen molar-refractivity contribution in [3.8, 4) is 0 Å². The predicted molar refractivity (Wildman–Crippen MR) is 83.1 cm³/mol. The molecule has 0 saturated carbocycles. The highest BCUT2D eigenvalue weighted by atomic mass is 16.5. The highest BCUT2D eigenvalue weighted by molar-refractivity contribution is 6.06. The number of carbonyl (C=O) groups is 3. The number of nitrogens with zero attached hydrogens (tertiary/aromatic N) is 1. The number of ketones is 1. The third kappa shape index (κ3) is 3.37. The second-order valence-corrected chi connectivity index (χ2v) is 5.19. The molecule has 0 fully saturated rings. The molecule has 122 valence electrons. The number of rotatable bonds is 6. The van der Waals surface area contributed by atoms with Crippen molar-refractivity contribution in [1.29, 1.82) is 0 Å². The third-order valence-corrected chi connectivity index (χ3v) is 3.76. The largest absolute Gasteiger partial charge is 0.461 e. The van der Waals surface area contributed by atoms with Crippen LogP contribution in [0.1, 0.15) is 59.8 Å². The van der Waals surface area contributed by atoms with Crippen LogP contribution in [-0.2, 0) is 9.53 Å². The number of hydrogen-bond acceptors (Lipinski definition) is 4. The van der Waals surface area contributed by atoms with Gasteiger partial charge in [0.15, 0.2) is 5.78 Å². The monoisotopic (exact) mass is 308 g/mol. The Bertz CT molecular complexity index is 589. The smallest absolute Gasteiger partial charge is 0.355 e. The second-order valence-electron chi connectivity index (χ2n) is 5.19. The van der Waals surface area contributed by atoms with Gasteiger partial charge in [-0.25, -0.2) is 4.79 Å². The number of aromatic amines is 1. The van der Waals surface area contributed by atoms with E-state index in [1.54, 1.807) is 27.7 Å².